The van der Waals surface area contributed by atoms with E-state index in [4.69, 9.17) is 5.73 Å². The third-order valence-electron chi connectivity index (χ3n) is 3.74. The van der Waals surface area contributed by atoms with Crippen LogP contribution in [0, 0.1) is 5.92 Å². The van der Waals surface area contributed by atoms with Crippen LogP contribution in [0.1, 0.15) is 31.7 Å². The maximum Gasteiger partial charge on any atom is 0.221 e. The monoisotopic (exact) mass is 328 g/mol. The van der Waals surface area contributed by atoms with E-state index in [1.165, 1.54) is 5.69 Å². The second kappa shape index (κ2) is 6.05. The zero-order chi connectivity index (χ0) is 14.0. The largest absolute Gasteiger partial charge is 0.369 e. The van der Waals surface area contributed by atoms with Crippen LogP contribution in [-0.2, 0) is 24.3 Å². The zero-order valence-electron chi connectivity index (χ0n) is 11.5. The molecular weight excluding hydrogens is 308 g/mol. The van der Waals surface area contributed by atoms with Crippen LogP contribution in [0.5, 0.6) is 0 Å². The Hall–Kier alpha value is -0.880. The van der Waals surface area contributed by atoms with Gasteiger partial charge in [-0.25, -0.2) is 0 Å². The maximum atomic E-state index is 11.2. The molecule has 1 aliphatic rings. The molecule has 1 aromatic heterocycles. The number of likely N-dealkylation sites (tertiary alicyclic amines) is 1. The van der Waals surface area contributed by atoms with E-state index < -0.39 is 0 Å². The summed E-state index contributed by atoms with van der Waals surface area (Å²) in [4.78, 5) is 13.5. The van der Waals surface area contributed by atoms with E-state index in [2.05, 4.69) is 39.8 Å². The van der Waals surface area contributed by atoms with Crippen LogP contribution in [0.25, 0.3) is 0 Å². The van der Waals surface area contributed by atoms with E-state index in [1.807, 2.05) is 4.68 Å². The number of amides is 1. The van der Waals surface area contributed by atoms with E-state index >= 15 is 0 Å². The number of hydrogen-bond donors (Lipinski definition) is 1. The van der Waals surface area contributed by atoms with Gasteiger partial charge in [0.15, 0.2) is 0 Å². The summed E-state index contributed by atoms with van der Waals surface area (Å²) in [6.45, 7) is 7.58. The lowest BCUT2D eigenvalue weighted by atomic mass is 10.1. The molecule has 2 rings (SSSR count). The summed E-state index contributed by atoms with van der Waals surface area (Å²) in [5.41, 5.74) is 7.67. The van der Waals surface area contributed by atoms with Crippen molar-refractivity contribution in [2.24, 2.45) is 11.7 Å². The van der Waals surface area contributed by atoms with Crippen molar-refractivity contribution in [2.75, 3.05) is 13.1 Å². The van der Waals surface area contributed by atoms with Crippen LogP contribution in [0.3, 0.4) is 0 Å². The fourth-order valence-corrected chi connectivity index (χ4v) is 3.28. The first-order chi connectivity index (χ1) is 9.06. The van der Waals surface area contributed by atoms with Gasteiger partial charge in [0.05, 0.1) is 21.8 Å². The fraction of sp³-hybridized carbons (Fsp3) is 0.692. The first-order valence-corrected chi connectivity index (χ1v) is 7.61. The first kappa shape index (κ1) is 14.5. The van der Waals surface area contributed by atoms with Gasteiger partial charge in [0.25, 0.3) is 0 Å². The zero-order valence-corrected chi connectivity index (χ0v) is 13.1. The van der Waals surface area contributed by atoms with Gasteiger partial charge < -0.3 is 5.73 Å². The minimum absolute atomic E-state index is 0.00224. The van der Waals surface area contributed by atoms with Crippen LogP contribution in [0.2, 0.25) is 0 Å². The molecule has 5 nitrogen and oxygen atoms in total. The Bertz CT molecular complexity index is 471. The molecular formula is C13H21BrN4O. The summed E-state index contributed by atoms with van der Waals surface area (Å²) < 4.78 is 3.15. The maximum absolute atomic E-state index is 11.2. The number of rotatable bonds is 5. The number of carbonyl (C=O) groups excluding carboxylic acids is 1. The number of primary amides is 1. The van der Waals surface area contributed by atoms with E-state index in [1.54, 1.807) is 0 Å². The minimum atomic E-state index is -0.181. The Morgan fingerprint density at radius 1 is 1.53 bits per heavy atom. The quantitative estimate of drug-likeness (QED) is 0.891. The highest BCUT2D eigenvalue weighted by Gasteiger charge is 2.28. The van der Waals surface area contributed by atoms with Gasteiger partial charge in [-0.2, -0.15) is 5.10 Å². The molecule has 1 unspecified atom stereocenters. The number of hydrogen-bond acceptors (Lipinski definition) is 3. The van der Waals surface area contributed by atoms with Gasteiger partial charge in [-0.3, -0.25) is 14.4 Å². The van der Waals surface area contributed by atoms with Gasteiger partial charge in [-0.05, 0) is 42.2 Å². The Kier molecular flexibility index (Phi) is 4.62. The van der Waals surface area contributed by atoms with Gasteiger partial charge in [0, 0.05) is 19.6 Å². The molecule has 1 atom stereocenters. The molecule has 1 amide bonds. The molecule has 1 aromatic rings. The molecule has 6 heteroatoms. The van der Waals surface area contributed by atoms with Crippen molar-refractivity contribution in [1.82, 2.24) is 14.7 Å². The van der Waals surface area contributed by atoms with Crippen LogP contribution in [0.4, 0.5) is 0 Å². The number of nitrogens with two attached hydrogens (primary N) is 1. The van der Waals surface area contributed by atoms with Crippen LogP contribution in [-0.4, -0.2) is 33.7 Å². The standard InChI is InChI=1S/C13H21BrN4O/c1-3-10-12(14)11(18(4-2)16-10)8-17-6-5-9(7-17)13(15)19/h9H,3-8H2,1-2H3,(H2,15,19). The summed E-state index contributed by atoms with van der Waals surface area (Å²) in [7, 11) is 0. The van der Waals surface area contributed by atoms with Gasteiger partial charge in [0.1, 0.15) is 0 Å². The van der Waals surface area contributed by atoms with Crippen LogP contribution >= 0.6 is 15.9 Å². The Morgan fingerprint density at radius 2 is 2.26 bits per heavy atom. The fourth-order valence-electron chi connectivity index (χ4n) is 2.59. The van der Waals surface area contributed by atoms with Gasteiger partial charge in [0.2, 0.25) is 5.91 Å². The molecule has 2 N–H and O–H groups in total. The number of carbonyl (C=O) groups is 1. The molecule has 0 saturated carbocycles. The lowest BCUT2D eigenvalue weighted by molar-refractivity contribution is -0.121. The topological polar surface area (TPSA) is 64.2 Å². The molecule has 0 aromatic carbocycles. The Labute approximate surface area is 122 Å². The minimum Gasteiger partial charge on any atom is -0.369 e. The normalized spacial score (nSPS) is 20.1. The van der Waals surface area contributed by atoms with E-state index in [-0.39, 0.29) is 11.8 Å². The molecule has 0 bridgehead atoms. The third kappa shape index (κ3) is 3.00. The second-order valence-corrected chi connectivity index (χ2v) is 5.79. The summed E-state index contributed by atoms with van der Waals surface area (Å²) in [5.74, 6) is -0.178. The molecule has 19 heavy (non-hydrogen) atoms. The molecule has 106 valence electrons. The van der Waals surface area contributed by atoms with Crippen molar-refractivity contribution in [3.63, 3.8) is 0 Å². The lowest BCUT2D eigenvalue weighted by Crippen LogP contribution is -2.27. The molecule has 0 spiro atoms. The Balaban J connectivity index is 2.11. The van der Waals surface area contributed by atoms with Gasteiger partial charge in [-0.15, -0.1) is 0 Å². The molecule has 0 radical (unpaired) electrons. The molecule has 1 saturated heterocycles. The van der Waals surface area contributed by atoms with Crippen LogP contribution in [0.15, 0.2) is 4.47 Å². The predicted octanol–water partition coefficient (Wildman–Crippen LogP) is 1.54. The summed E-state index contributed by atoms with van der Waals surface area (Å²) in [6.07, 6.45) is 1.79. The average molecular weight is 329 g/mol. The molecule has 0 aliphatic carbocycles. The number of halogens is 1. The number of aryl methyl sites for hydroxylation is 2. The van der Waals surface area contributed by atoms with Crippen molar-refractivity contribution < 1.29 is 4.79 Å². The highest BCUT2D eigenvalue weighted by molar-refractivity contribution is 9.10. The third-order valence-corrected chi connectivity index (χ3v) is 4.66. The Morgan fingerprint density at radius 3 is 2.79 bits per heavy atom. The van der Waals surface area contributed by atoms with Crippen molar-refractivity contribution in [1.29, 1.82) is 0 Å². The second-order valence-electron chi connectivity index (χ2n) is 5.00. The molecule has 1 aliphatic heterocycles. The van der Waals surface area contributed by atoms with Gasteiger partial charge in [-0.1, -0.05) is 6.92 Å². The van der Waals surface area contributed by atoms with Gasteiger partial charge >= 0.3 is 0 Å². The first-order valence-electron chi connectivity index (χ1n) is 6.82. The van der Waals surface area contributed by atoms with Crippen molar-refractivity contribution >= 4 is 21.8 Å². The average Bonchev–Trinajstić information content (AvgIpc) is 2.96. The molecule has 2 heterocycles. The van der Waals surface area contributed by atoms with Crippen molar-refractivity contribution in [3.8, 4) is 0 Å². The van der Waals surface area contributed by atoms with E-state index in [0.29, 0.717) is 0 Å². The number of aromatic nitrogens is 2. The predicted molar refractivity (Wildman–Crippen MR) is 77.6 cm³/mol. The number of nitrogens with zero attached hydrogens (tertiary/aromatic N) is 3. The van der Waals surface area contributed by atoms with Crippen molar-refractivity contribution in [3.05, 3.63) is 15.9 Å². The van der Waals surface area contributed by atoms with Crippen LogP contribution < -0.4 is 5.73 Å². The summed E-state index contributed by atoms with van der Waals surface area (Å²) in [5, 5.41) is 4.59. The van der Waals surface area contributed by atoms with Crippen molar-refractivity contribution in [2.45, 2.75) is 39.8 Å². The highest BCUT2D eigenvalue weighted by Crippen LogP contribution is 2.26. The van der Waals surface area contributed by atoms with E-state index in [9.17, 15) is 4.79 Å². The summed E-state index contributed by atoms with van der Waals surface area (Å²) >= 11 is 3.65. The molecule has 1 fully saturated rings. The summed E-state index contributed by atoms with van der Waals surface area (Å²) in [6, 6.07) is 0. The smallest absolute Gasteiger partial charge is 0.221 e. The highest BCUT2D eigenvalue weighted by atomic mass is 79.9. The lowest BCUT2D eigenvalue weighted by Gasteiger charge is -2.16. The van der Waals surface area contributed by atoms with E-state index in [0.717, 1.165) is 49.2 Å². The SMILES string of the molecule is CCc1nn(CC)c(CN2CCC(C(N)=O)C2)c1Br.